The van der Waals surface area contributed by atoms with Gasteiger partial charge >= 0.3 is 7.60 Å². The van der Waals surface area contributed by atoms with E-state index in [1.54, 1.807) is 0 Å². The molecule has 97 valence electrons. The van der Waals surface area contributed by atoms with E-state index in [0.717, 1.165) is 0 Å². The topological polar surface area (TPSA) is 75.7 Å². The summed E-state index contributed by atoms with van der Waals surface area (Å²) in [4.78, 5) is 11.3. The molecule has 0 aromatic rings. The van der Waals surface area contributed by atoms with Crippen LogP contribution in [0.5, 0.6) is 0 Å². The number of hydrogen-bond acceptors (Lipinski definition) is 4. The molecule has 0 saturated carbocycles. The molecule has 1 atom stereocenters. The van der Waals surface area contributed by atoms with Crippen molar-refractivity contribution in [3.63, 3.8) is 0 Å². The zero-order valence-corrected chi connectivity index (χ0v) is 11.2. The summed E-state index contributed by atoms with van der Waals surface area (Å²) >= 11 is 0. The molecule has 1 radical (unpaired) electrons. The highest BCUT2D eigenvalue weighted by Crippen LogP contribution is 2.67. The third-order valence-electron chi connectivity index (χ3n) is 3.32. The number of rotatable bonds is 1. The van der Waals surface area contributed by atoms with Gasteiger partial charge in [-0.1, -0.05) is 19.1 Å². The fraction of sp³-hybridized carbons (Fsp3) is 0.900. The van der Waals surface area contributed by atoms with Crippen LogP contribution in [0.3, 0.4) is 0 Å². The number of amides is 1. The molecule has 0 N–H and O–H groups in total. The predicted octanol–water partition coefficient (Wildman–Crippen LogP) is 1.94. The second-order valence-electron chi connectivity index (χ2n) is 5.61. The Bertz CT molecular complexity index is 382. The minimum absolute atomic E-state index is 0.0973. The third-order valence-corrected chi connectivity index (χ3v) is 5.84. The Morgan fingerprint density at radius 1 is 1.24 bits per heavy atom. The summed E-state index contributed by atoms with van der Waals surface area (Å²) in [5, 5.41) is 10.6. The Labute approximate surface area is 100 Å². The highest BCUT2D eigenvalue weighted by atomic mass is 31.2. The fourth-order valence-corrected chi connectivity index (χ4v) is 4.33. The molecule has 0 spiro atoms. The summed E-state index contributed by atoms with van der Waals surface area (Å²) in [6.45, 7) is 5.86. The molecule has 0 bridgehead atoms. The highest BCUT2D eigenvalue weighted by molar-refractivity contribution is 7.55. The second kappa shape index (κ2) is 3.79. The molecule has 2 heterocycles. The normalized spacial score (nSPS) is 36.2. The van der Waals surface area contributed by atoms with Crippen molar-refractivity contribution >= 4 is 13.5 Å². The van der Waals surface area contributed by atoms with E-state index in [1.807, 2.05) is 13.8 Å². The first-order valence-electron chi connectivity index (χ1n) is 5.60. The summed E-state index contributed by atoms with van der Waals surface area (Å²) < 4.78 is 23.2. The molecule has 2 aliphatic heterocycles. The van der Waals surface area contributed by atoms with Crippen LogP contribution in [0.2, 0.25) is 0 Å². The average Bonchev–Trinajstić information content (AvgIpc) is 2.53. The molecule has 2 rings (SSSR count). The zero-order chi connectivity index (χ0) is 12.9. The van der Waals surface area contributed by atoms with E-state index in [9.17, 15) is 14.6 Å². The van der Waals surface area contributed by atoms with Crippen LogP contribution in [0.1, 0.15) is 33.6 Å². The van der Waals surface area contributed by atoms with Crippen LogP contribution in [-0.4, -0.2) is 29.5 Å². The van der Waals surface area contributed by atoms with Crippen molar-refractivity contribution in [2.45, 2.75) is 38.9 Å². The van der Waals surface area contributed by atoms with Gasteiger partial charge in [-0.05, 0) is 13.3 Å². The lowest BCUT2D eigenvalue weighted by molar-refractivity contribution is -0.198. The maximum atomic E-state index is 12.6. The van der Waals surface area contributed by atoms with Gasteiger partial charge in [0.25, 0.3) is 0 Å². The average molecular weight is 262 g/mol. The number of hydrogen-bond donors (Lipinski definition) is 0. The first-order chi connectivity index (χ1) is 7.70. The molecule has 1 amide bonds. The van der Waals surface area contributed by atoms with Gasteiger partial charge in [-0.25, -0.2) is 0 Å². The van der Waals surface area contributed by atoms with Gasteiger partial charge in [0.15, 0.2) is 5.28 Å². The van der Waals surface area contributed by atoms with E-state index in [2.05, 4.69) is 0 Å². The molecule has 7 heteroatoms. The van der Waals surface area contributed by atoms with Gasteiger partial charge < -0.3 is 9.05 Å². The van der Waals surface area contributed by atoms with Crippen molar-refractivity contribution in [3.05, 3.63) is 0 Å². The van der Waals surface area contributed by atoms with Gasteiger partial charge in [-0.3, -0.25) is 9.36 Å². The number of nitrogens with zero attached hydrogens (tertiary/aromatic N) is 1. The van der Waals surface area contributed by atoms with Crippen molar-refractivity contribution in [2.24, 2.45) is 5.41 Å². The van der Waals surface area contributed by atoms with Crippen molar-refractivity contribution in [2.75, 3.05) is 13.2 Å². The van der Waals surface area contributed by atoms with Crippen molar-refractivity contribution in [3.8, 4) is 0 Å². The predicted molar refractivity (Wildman–Crippen MR) is 58.5 cm³/mol. The van der Waals surface area contributed by atoms with Gasteiger partial charge in [0.05, 0.1) is 13.2 Å². The standard InChI is InChI=1S/C10H17NO5P/c1-9(2)6-15-17(14,16-7-9)10(3)5-4-8(12)11(10)13/h4-7H2,1-3H3. The van der Waals surface area contributed by atoms with Crippen LogP contribution in [0, 0.1) is 5.41 Å². The number of carbonyl (C=O) groups excluding carboxylic acids is 1. The summed E-state index contributed by atoms with van der Waals surface area (Å²) in [6.07, 6.45) is 0.313. The van der Waals surface area contributed by atoms with E-state index in [1.165, 1.54) is 6.92 Å². The molecule has 0 aliphatic carbocycles. The Balaban J connectivity index is 2.23. The molecule has 2 fully saturated rings. The minimum Gasteiger partial charge on any atom is -0.306 e. The highest BCUT2D eigenvalue weighted by Gasteiger charge is 2.60. The maximum absolute atomic E-state index is 12.6. The molecule has 6 nitrogen and oxygen atoms in total. The summed E-state index contributed by atoms with van der Waals surface area (Å²) in [5.41, 5.74) is -0.222. The van der Waals surface area contributed by atoms with Gasteiger partial charge in [0, 0.05) is 11.8 Å². The Morgan fingerprint density at radius 3 is 2.18 bits per heavy atom. The summed E-state index contributed by atoms with van der Waals surface area (Å²) in [5.74, 6) is -0.556. The van der Waals surface area contributed by atoms with Crippen molar-refractivity contribution < 1.29 is 23.6 Å². The second-order valence-corrected chi connectivity index (χ2v) is 8.09. The first-order valence-corrected chi connectivity index (χ1v) is 7.14. The van der Waals surface area contributed by atoms with E-state index in [4.69, 9.17) is 9.05 Å². The molecule has 0 aromatic carbocycles. The minimum atomic E-state index is -3.55. The molecular formula is C10H17NO5P. The maximum Gasteiger partial charge on any atom is 0.358 e. The van der Waals surface area contributed by atoms with Crippen LogP contribution in [0.25, 0.3) is 0 Å². The lowest BCUT2D eigenvalue weighted by Crippen LogP contribution is -2.44. The molecule has 17 heavy (non-hydrogen) atoms. The van der Waals surface area contributed by atoms with E-state index in [-0.39, 0.29) is 36.5 Å². The lowest BCUT2D eigenvalue weighted by Gasteiger charge is -2.41. The Hall–Kier alpha value is -0.420. The van der Waals surface area contributed by atoms with Crippen LogP contribution >= 0.6 is 7.60 Å². The van der Waals surface area contributed by atoms with Gasteiger partial charge in [0.1, 0.15) is 0 Å². The van der Waals surface area contributed by atoms with Gasteiger partial charge in [0.2, 0.25) is 5.91 Å². The third kappa shape index (κ3) is 1.93. The summed E-state index contributed by atoms with van der Waals surface area (Å²) in [7, 11) is -3.55. The molecule has 1 unspecified atom stereocenters. The van der Waals surface area contributed by atoms with Crippen molar-refractivity contribution in [1.29, 1.82) is 0 Å². The Kier molecular flexibility index (Phi) is 2.90. The van der Waals surface area contributed by atoms with E-state index < -0.39 is 18.8 Å². The largest absolute Gasteiger partial charge is 0.358 e. The summed E-state index contributed by atoms with van der Waals surface area (Å²) in [6, 6.07) is 0. The zero-order valence-electron chi connectivity index (χ0n) is 10.3. The van der Waals surface area contributed by atoms with Crippen molar-refractivity contribution in [1.82, 2.24) is 5.06 Å². The smallest absolute Gasteiger partial charge is 0.306 e. The fourth-order valence-electron chi connectivity index (χ4n) is 1.94. The van der Waals surface area contributed by atoms with E-state index >= 15 is 0 Å². The quantitative estimate of drug-likeness (QED) is 0.677. The Morgan fingerprint density at radius 2 is 1.76 bits per heavy atom. The lowest BCUT2D eigenvalue weighted by atomic mass is 9.97. The van der Waals surface area contributed by atoms with Gasteiger partial charge in [-0.2, -0.15) is 5.06 Å². The van der Waals surface area contributed by atoms with Crippen LogP contribution < -0.4 is 0 Å². The number of carbonyl (C=O) groups is 1. The van der Waals surface area contributed by atoms with Gasteiger partial charge in [-0.15, -0.1) is 0 Å². The molecule has 0 aromatic heterocycles. The monoisotopic (exact) mass is 262 g/mol. The molecule has 2 aliphatic rings. The van der Waals surface area contributed by atoms with Crippen LogP contribution in [0.15, 0.2) is 0 Å². The first kappa shape index (κ1) is 13.0. The van der Waals surface area contributed by atoms with Crippen LogP contribution in [-0.2, 0) is 23.6 Å². The van der Waals surface area contributed by atoms with Crippen LogP contribution in [0.4, 0.5) is 0 Å². The molecule has 2 saturated heterocycles. The number of hydroxylamine groups is 2. The molecular weight excluding hydrogens is 245 g/mol. The SMILES string of the molecule is CC1(C)COP(=O)(C2(C)CCC(=O)N2[O])OC1. The van der Waals surface area contributed by atoms with E-state index in [0.29, 0.717) is 0 Å².